The van der Waals surface area contributed by atoms with E-state index in [0.29, 0.717) is 28.4 Å². The Balaban J connectivity index is 1.55. The second-order valence-corrected chi connectivity index (χ2v) is 7.46. The van der Waals surface area contributed by atoms with Crippen LogP contribution in [0.1, 0.15) is 28.1 Å². The highest BCUT2D eigenvalue weighted by Gasteiger charge is 2.28. The van der Waals surface area contributed by atoms with Gasteiger partial charge in [0.2, 0.25) is 11.8 Å². The van der Waals surface area contributed by atoms with Crippen LogP contribution < -0.4 is 19.5 Å². The van der Waals surface area contributed by atoms with E-state index in [4.69, 9.17) is 14.0 Å². The first-order valence-corrected chi connectivity index (χ1v) is 10.5. The Bertz CT molecular complexity index is 1170. The third kappa shape index (κ3) is 7.76. The minimum Gasteiger partial charge on any atom is -0.493 e. The lowest BCUT2D eigenvalue weighted by Crippen LogP contribution is -2.21. The Kier molecular flexibility index (Phi) is 8.34. The summed E-state index contributed by atoms with van der Waals surface area (Å²) in [5.41, 5.74) is 2.86. The average molecular weight is 491 g/mol. The quantitative estimate of drug-likeness (QED) is 0.416. The molecule has 0 spiro atoms. The number of rotatable bonds is 10. The van der Waals surface area contributed by atoms with Crippen molar-refractivity contribution < 1.29 is 36.7 Å². The van der Waals surface area contributed by atoms with Gasteiger partial charge in [-0.1, -0.05) is 11.2 Å². The maximum absolute atomic E-state index is 12.3. The number of methoxy groups -OCH3 is 1. The van der Waals surface area contributed by atoms with E-state index in [9.17, 15) is 18.0 Å². The van der Waals surface area contributed by atoms with Crippen molar-refractivity contribution in [3.8, 4) is 17.4 Å². The molecule has 1 N–H and O–H groups in total. The van der Waals surface area contributed by atoms with Crippen LogP contribution in [0.25, 0.3) is 6.08 Å². The molecule has 186 valence electrons. The molecule has 1 amide bonds. The molecule has 3 aromatic rings. The van der Waals surface area contributed by atoms with Crippen LogP contribution in [-0.4, -0.2) is 35.9 Å². The number of aromatic nitrogens is 2. The summed E-state index contributed by atoms with van der Waals surface area (Å²) in [5.74, 6) is 1.13. The van der Waals surface area contributed by atoms with Gasteiger partial charge in [0, 0.05) is 24.9 Å². The molecule has 3 rings (SSSR count). The summed E-state index contributed by atoms with van der Waals surface area (Å²) in [6, 6.07) is 8.12. The number of nitrogens with zero attached hydrogens (tertiary/aromatic N) is 2. The predicted molar refractivity (Wildman–Crippen MR) is 120 cm³/mol. The maximum Gasteiger partial charge on any atom is 0.422 e. The molecule has 0 fully saturated rings. The molecule has 1 aromatic carbocycles. The monoisotopic (exact) mass is 491 g/mol. The van der Waals surface area contributed by atoms with Crippen LogP contribution in [-0.2, 0) is 17.9 Å². The fourth-order valence-electron chi connectivity index (χ4n) is 2.98. The summed E-state index contributed by atoms with van der Waals surface area (Å²) in [7, 11) is 1.51. The predicted octanol–water partition coefficient (Wildman–Crippen LogP) is 4.54. The van der Waals surface area contributed by atoms with Gasteiger partial charge in [-0.2, -0.15) is 13.2 Å². The average Bonchev–Trinajstić information content (AvgIpc) is 3.15. The Morgan fingerprint density at radius 1 is 1.14 bits per heavy atom. The standard InChI is InChI=1S/C24H24F3N3O5/c1-15-19(16(2)35-30-15)13-33-20-6-4-17(10-21(20)32-3)5-7-22(31)29-12-18-8-9-28-23(11-18)34-14-24(25,26)27/h4-11H,12-14H2,1-3H3,(H,29,31)/b7-5+. The highest BCUT2D eigenvalue weighted by atomic mass is 19.4. The molecule has 0 unspecified atom stereocenters. The molecule has 0 radical (unpaired) electrons. The van der Waals surface area contributed by atoms with Crippen molar-refractivity contribution in [3.63, 3.8) is 0 Å². The molecule has 0 aliphatic carbocycles. The molecule has 0 saturated heterocycles. The van der Waals surface area contributed by atoms with Crippen molar-refractivity contribution in [1.29, 1.82) is 0 Å². The maximum atomic E-state index is 12.3. The molecule has 8 nitrogen and oxygen atoms in total. The Morgan fingerprint density at radius 2 is 1.94 bits per heavy atom. The molecule has 0 aliphatic heterocycles. The third-order valence-corrected chi connectivity index (χ3v) is 4.82. The van der Waals surface area contributed by atoms with Crippen LogP contribution in [0.15, 0.2) is 47.1 Å². The normalized spacial score (nSPS) is 11.5. The molecular formula is C24H24F3N3O5. The summed E-state index contributed by atoms with van der Waals surface area (Å²) >= 11 is 0. The lowest BCUT2D eigenvalue weighted by Gasteiger charge is -2.11. The number of alkyl halides is 3. The van der Waals surface area contributed by atoms with Crippen LogP contribution >= 0.6 is 0 Å². The van der Waals surface area contributed by atoms with Crippen LogP contribution in [0, 0.1) is 13.8 Å². The molecule has 11 heteroatoms. The number of halogens is 3. The fraction of sp³-hybridized carbons (Fsp3) is 0.292. The highest BCUT2D eigenvalue weighted by molar-refractivity contribution is 5.91. The van der Waals surface area contributed by atoms with Gasteiger partial charge in [0.1, 0.15) is 12.4 Å². The van der Waals surface area contributed by atoms with E-state index in [1.54, 1.807) is 30.3 Å². The molecule has 0 saturated carbocycles. The van der Waals surface area contributed by atoms with E-state index < -0.39 is 18.7 Å². The van der Waals surface area contributed by atoms with E-state index in [-0.39, 0.29) is 19.0 Å². The van der Waals surface area contributed by atoms with Gasteiger partial charge in [0.05, 0.1) is 18.4 Å². The van der Waals surface area contributed by atoms with Crippen molar-refractivity contribution in [2.75, 3.05) is 13.7 Å². The van der Waals surface area contributed by atoms with E-state index in [2.05, 4.69) is 20.2 Å². The molecule has 0 aliphatic rings. The largest absolute Gasteiger partial charge is 0.493 e. The number of aryl methyl sites for hydroxylation is 2. The van der Waals surface area contributed by atoms with Gasteiger partial charge in [-0.3, -0.25) is 4.79 Å². The minimum absolute atomic E-state index is 0.0892. The number of carbonyl (C=O) groups excluding carboxylic acids is 1. The molecule has 0 bridgehead atoms. The number of amides is 1. The first-order chi connectivity index (χ1) is 16.6. The molecular weight excluding hydrogens is 467 g/mol. The van der Waals surface area contributed by atoms with Crippen LogP contribution in [0.2, 0.25) is 0 Å². The second-order valence-electron chi connectivity index (χ2n) is 7.46. The number of benzene rings is 1. The van der Waals surface area contributed by atoms with Gasteiger partial charge in [-0.25, -0.2) is 4.98 Å². The molecule has 2 aromatic heterocycles. The highest BCUT2D eigenvalue weighted by Crippen LogP contribution is 2.30. The lowest BCUT2D eigenvalue weighted by atomic mass is 10.1. The second kappa shape index (κ2) is 11.4. The van der Waals surface area contributed by atoms with Gasteiger partial charge in [0.15, 0.2) is 18.1 Å². The number of ether oxygens (including phenoxy) is 3. The SMILES string of the molecule is COc1cc(/C=C/C(=O)NCc2ccnc(OCC(F)(F)F)c2)ccc1OCc1c(C)noc1C. The zero-order valence-corrected chi connectivity index (χ0v) is 19.3. The topological polar surface area (TPSA) is 95.7 Å². The zero-order chi connectivity index (χ0) is 25.4. The zero-order valence-electron chi connectivity index (χ0n) is 19.3. The fourth-order valence-corrected chi connectivity index (χ4v) is 2.98. The molecule has 2 heterocycles. The van der Waals surface area contributed by atoms with Gasteiger partial charge < -0.3 is 24.1 Å². The Morgan fingerprint density at radius 3 is 2.63 bits per heavy atom. The molecule has 0 atom stereocenters. The van der Waals surface area contributed by atoms with E-state index >= 15 is 0 Å². The Hall–Kier alpha value is -4.02. The number of carbonyl (C=O) groups is 1. The number of nitrogens with one attached hydrogen (secondary N) is 1. The minimum atomic E-state index is -4.46. The molecule has 35 heavy (non-hydrogen) atoms. The summed E-state index contributed by atoms with van der Waals surface area (Å²) in [5, 5.41) is 6.55. The van der Waals surface area contributed by atoms with Crippen LogP contribution in [0.5, 0.6) is 17.4 Å². The first kappa shape index (κ1) is 25.6. The van der Waals surface area contributed by atoms with Crippen LogP contribution in [0.4, 0.5) is 13.2 Å². The number of hydrogen-bond acceptors (Lipinski definition) is 7. The summed E-state index contributed by atoms with van der Waals surface area (Å²) in [4.78, 5) is 15.9. The van der Waals surface area contributed by atoms with Gasteiger partial charge >= 0.3 is 6.18 Å². The van der Waals surface area contributed by atoms with Gasteiger partial charge in [-0.05, 0) is 49.2 Å². The number of pyridine rings is 1. The lowest BCUT2D eigenvalue weighted by molar-refractivity contribution is -0.154. The van der Waals surface area contributed by atoms with Gasteiger partial charge in [0.25, 0.3) is 0 Å². The van der Waals surface area contributed by atoms with Crippen LogP contribution in [0.3, 0.4) is 0 Å². The first-order valence-electron chi connectivity index (χ1n) is 10.5. The van der Waals surface area contributed by atoms with Gasteiger partial charge in [-0.15, -0.1) is 0 Å². The van der Waals surface area contributed by atoms with Crippen molar-refractivity contribution >= 4 is 12.0 Å². The number of hydrogen-bond donors (Lipinski definition) is 1. The van der Waals surface area contributed by atoms with Crippen molar-refractivity contribution in [3.05, 3.63) is 70.7 Å². The Labute approximate surface area is 199 Å². The smallest absolute Gasteiger partial charge is 0.422 e. The van der Waals surface area contributed by atoms with Crippen molar-refractivity contribution in [2.45, 2.75) is 33.2 Å². The summed E-state index contributed by atoms with van der Waals surface area (Å²) in [6.45, 7) is 2.56. The van der Waals surface area contributed by atoms with E-state index in [0.717, 1.165) is 11.3 Å². The van der Waals surface area contributed by atoms with Crippen molar-refractivity contribution in [2.24, 2.45) is 0 Å². The summed E-state index contributed by atoms with van der Waals surface area (Å²) in [6.07, 6.45) is -0.217. The third-order valence-electron chi connectivity index (χ3n) is 4.82. The van der Waals surface area contributed by atoms with E-state index in [1.807, 2.05) is 13.8 Å². The van der Waals surface area contributed by atoms with Crippen molar-refractivity contribution in [1.82, 2.24) is 15.5 Å². The van der Waals surface area contributed by atoms with E-state index in [1.165, 1.54) is 25.4 Å². The summed E-state index contributed by atoms with van der Waals surface area (Å²) < 4.78 is 57.8.